The Hall–Kier alpha value is -2.05. The van der Waals surface area contributed by atoms with E-state index in [0.29, 0.717) is 25.3 Å². The molecule has 0 saturated heterocycles. The zero-order valence-electron chi connectivity index (χ0n) is 13.2. The molecule has 0 bridgehead atoms. The largest absolute Gasteiger partial charge is 0.497 e. The highest BCUT2D eigenvalue weighted by Gasteiger charge is 2.28. The Morgan fingerprint density at radius 3 is 2.22 bits per heavy atom. The third kappa shape index (κ3) is 3.04. The molecule has 2 aromatic rings. The van der Waals surface area contributed by atoms with Crippen molar-refractivity contribution in [1.82, 2.24) is 4.31 Å². The number of ether oxygens (including phenoxy) is 2. The van der Waals surface area contributed by atoms with Gasteiger partial charge in [-0.2, -0.15) is 4.31 Å². The van der Waals surface area contributed by atoms with E-state index >= 15 is 0 Å². The van der Waals surface area contributed by atoms with Gasteiger partial charge in [-0.3, -0.25) is 0 Å². The zero-order valence-corrected chi connectivity index (χ0v) is 14.0. The Balaban J connectivity index is 1.86. The van der Waals surface area contributed by atoms with Gasteiger partial charge in [0.15, 0.2) is 0 Å². The van der Waals surface area contributed by atoms with Crippen molar-refractivity contribution >= 4 is 10.0 Å². The van der Waals surface area contributed by atoms with Gasteiger partial charge in [-0.05, 0) is 53.9 Å². The second kappa shape index (κ2) is 6.22. The molecule has 23 heavy (non-hydrogen) atoms. The van der Waals surface area contributed by atoms with Gasteiger partial charge in [0.05, 0.1) is 19.1 Å². The van der Waals surface area contributed by atoms with E-state index in [1.54, 1.807) is 38.5 Å². The van der Waals surface area contributed by atoms with Crippen LogP contribution in [0, 0.1) is 0 Å². The number of methoxy groups -OCH3 is 2. The van der Waals surface area contributed by atoms with Gasteiger partial charge in [-0.15, -0.1) is 0 Å². The molecule has 1 aliphatic rings. The third-order valence-electron chi connectivity index (χ3n) is 4.09. The van der Waals surface area contributed by atoms with E-state index in [4.69, 9.17) is 9.47 Å². The molecule has 1 aliphatic heterocycles. The first-order valence-corrected chi connectivity index (χ1v) is 8.78. The predicted octanol–water partition coefficient (Wildman–Crippen LogP) is 2.45. The first kappa shape index (κ1) is 15.8. The zero-order chi connectivity index (χ0) is 16.4. The van der Waals surface area contributed by atoms with Gasteiger partial charge in [0.1, 0.15) is 11.5 Å². The van der Waals surface area contributed by atoms with Crippen LogP contribution in [-0.4, -0.2) is 33.5 Å². The fourth-order valence-corrected chi connectivity index (χ4v) is 4.15. The molecule has 0 saturated carbocycles. The van der Waals surface area contributed by atoms with E-state index in [1.807, 2.05) is 18.2 Å². The maximum atomic E-state index is 12.8. The molecule has 0 spiro atoms. The molecule has 0 fully saturated rings. The quantitative estimate of drug-likeness (QED) is 0.862. The lowest BCUT2D eigenvalue weighted by Crippen LogP contribution is -2.35. The molecular formula is C17H19NO4S. The minimum atomic E-state index is -3.50. The number of sulfonamides is 1. The van der Waals surface area contributed by atoms with Crippen molar-refractivity contribution < 1.29 is 17.9 Å². The van der Waals surface area contributed by atoms with E-state index in [9.17, 15) is 8.42 Å². The van der Waals surface area contributed by atoms with Crippen LogP contribution in [0.2, 0.25) is 0 Å². The van der Waals surface area contributed by atoms with Gasteiger partial charge in [0.25, 0.3) is 0 Å². The van der Waals surface area contributed by atoms with Crippen LogP contribution in [0.5, 0.6) is 11.5 Å². The summed E-state index contributed by atoms with van der Waals surface area (Å²) in [5.41, 5.74) is 2.17. The summed E-state index contributed by atoms with van der Waals surface area (Å²) in [6, 6.07) is 12.3. The van der Waals surface area contributed by atoms with Crippen LogP contribution in [0.25, 0.3) is 0 Å². The molecule has 0 unspecified atom stereocenters. The summed E-state index contributed by atoms with van der Waals surface area (Å²) in [6.07, 6.45) is 0.682. The number of fused-ring (bicyclic) bond motifs is 1. The van der Waals surface area contributed by atoms with Gasteiger partial charge in [0.2, 0.25) is 10.0 Å². The monoisotopic (exact) mass is 333 g/mol. The number of benzene rings is 2. The maximum absolute atomic E-state index is 12.8. The normalized spacial score (nSPS) is 15.0. The molecule has 122 valence electrons. The highest BCUT2D eigenvalue weighted by Crippen LogP contribution is 2.28. The molecule has 6 heteroatoms. The Labute approximate surface area is 136 Å². The van der Waals surface area contributed by atoms with Crippen molar-refractivity contribution in [2.75, 3.05) is 20.8 Å². The van der Waals surface area contributed by atoms with E-state index in [-0.39, 0.29) is 4.90 Å². The van der Waals surface area contributed by atoms with Crippen molar-refractivity contribution in [3.8, 4) is 11.5 Å². The summed E-state index contributed by atoms with van der Waals surface area (Å²) in [5.74, 6) is 1.44. The van der Waals surface area contributed by atoms with Crippen molar-refractivity contribution in [3.05, 3.63) is 53.6 Å². The van der Waals surface area contributed by atoms with Crippen molar-refractivity contribution in [1.29, 1.82) is 0 Å². The summed E-state index contributed by atoms with van der Waals surface area (Å²) in [6.45, 7) is 0.849. The second-order valence-electron chi connectivity index (χ2n) is 5.40. The second-order valence-corrected chi connectivity index (χ2v) is 7.34. The molecule has 0 aliphatic carbocycles. The molecule has 3 rings (SSSR count). The van der Waals surface area contributed by atoms with E-state index < -0.39 is 10.0 Å². The minimum Gasteiger partial charge on any atom is -0.497 e. The molecule has 0 amide bonds. The van der Waals surface area contributed by atoms with Crippen molar-refractivity contribution in [2.45, 2.75) is 17.9 Å². The van der Waals surface area contributed by atoms with Gasteiger partial charge in [-0.1, -0.05) is 6.07 Å². The van der Waals surface area contributed by atoms with E-state index in [0.717, 1.165) is 16.9 Å². The lowest BCUT2D eigenvalue weighted by molar-refractivity contribution is 0.386. The van der Waals surface area contributed by atoms with Crippen molar-refractivity contribution in [2.24, 2.45) is 0 Å². The smallest absolute Gasteiger partial charge is 0.243 e. The predicted molar refractivity (Wildman–Crippen MR) is 87.3 cm³/mol. The van der Waals surface area contributed by atoms with Gasteiger partial charge in [0, 0.05) is 13.1 Å². The summed E-state index contributed by atoms with van der Waals surface area (Å²) in [5, 5.41) is 0. The van der Waals surface area contributed by atoms with Crippen LogP contribution in [0.4, 0.5) is 0 Å². The highest BCUT2D eigenvalue weighted by molar-refractivity contribution is 7.89. The Kier molecular flexibility index (Phi) is 4.28. The highest BCUT2D eigenvalue weighted by atomic mass is 32.2. The van der Waals surface area contributed by atoms with E-state index in [1.165, 1.54) is 4.31 Å². The Morgan fingerprint density at radius 1 is 0.913 bits per heavy atom. The molecule has 2 aromatic carbocycles. The molecule has 0 aromatic heterocycles. The molecular weight excluding hydrogens is 314 g/mol. The SMILES string of the molecule is COc1ccc(S(=O)(=O)N2CCc3cc(OC)ccc3C2)cc1. The number of nitrogens with zero attached hydrogens (tertiary/aromatic N) is 1. The Morgan fingerprint density at radius 2 is 1.57 bits per heavy atom. The van der Waals surface area contributed by atoms with Crippen LogP contribution in [0.1, 0.15) is 11.1 Å². The van der Waals surface area contributed by atoms with Crippen LogP contribution in [-0.2, 0) is 23.0 Å². The molecule has 0 radical (unpaired) electrons. The first-order chi connectivity index (χ1) is 11.0. The minimum absolute atomic E-state index is 0.287. The van der Waals surface area contributed by atoms with Crippen LogP contribution in [0.15, 0.2) is 47.4 Å². The summed E-state index contributed by atoms with van der Waals surface area (Å²) in [4.78, 5) is 0.287. The first-order valence-electron chi connectivity index (χ1n) is 7.34. The Bertz CT molecular complexity index is 800. The topological polar surface area (TPSA) is 55.8 Å². The molecule has 5 nitrogen and oxygen atoms in total. The average molecular weight is 333 g/mol. The molecule has 0 N–H and O–H groups in total. The van der Waals surface area contributed by atoms with Gasteiger partial charge < -0.3 is 9.47 Å². The molecule has 0 atom stereocenters. The number of hydrogen-bond donors (Lipinski definition) is 0. The lowest BCUT2D eigenvalue weighted by Gasteiger charge is -2.28. The summed E-state index contributed by atoms with van der Waals surface area (Å²) >= 11 is 0. The van der Waals surface area contributed by atoms with E-state index in [2.05, 4.69) is 0 Å². The van der Waals surface area contributed by atoms with Crippen LogP contribution in [0.3, 0.4) is 0 Å². The van der Waals surface area contributed by atoms with Gasteiger partial charge in [-0.25, -0.2) is 8.42 Å². The van der Waals surface area contributed by atoms with Gasteiger partial charge >= 0.3 is 0 Å². The van der Waals surface area contributed by atoms with Crippen molar-refractivity contribution in [3.63, 3.8) is 0 Å². The summed E-state index contributed by atoms with van der Waals surface area (Å²) in [7, 11) is -0.314. The average Bonchev–Trinajstić information content (AvgIpc) is 2.60. The third-order valence-corrected chi connectivity index (χ3v) is 5.95. The number of hydrogen-bond acceptors (Lipinski definition) is 4. The molecule has 1 heterocycles. The standard InChI is InChI=1S/C17H19NO4S/c1-21-15-5-7-17(8-6-15)23(19,20)18-10-9-13-11-16(22-2)4-3-14(13)12-18/h3-8,11H,9-10,12H2,1-2H3. The maximum Gasteiger partial charge on any atom is 0.243 e. The van der Waals surface area contributed by atoms with Crippen LogP contribution >= 0.6 is 0 Å². The van der Waals surface area contributed by atoms with Crippen LogP contribution < -0.4 is 9.47 Å². The number of rotatable bonds is 4. The fourth-order valence-electron chi connectivity index (χ4n) is 2.73. The lowest BCUT2D eigenvalue weighted by atomic mass is 10.0. The fraction of sp³-hybridized carbons (Fsp3) is 0.294. The summed E-state index contributed by atoms with van der Waals surface area (Å²) < 4.78 is 37.4.